The predicted octanol–water partition coefficient (Wildman–Crippen LogP) is 0.867. The van der Waals surface area contributed by atoms with Crippen molar-refractivity contribution in [1.82, 2.24) is 9.55 Å². The molecular weight excluding hydrogens is 292 g/mol. The molecule has 0 saturated heterocycles. The van der Waals surface area contributed by atoms with Crippen molar-refractivity contribution in [3.63, 3.8) is 0 Å². The van der Waals surface area contributed by atoms with Gasteiger partial charge in [0.15, 0.2) is 5.03 Å². The van der Waals surface area contributed by atoms with Crippen molar-refractivity contribution in [3.05, 3.63) is 36.3 Å². The topological polar surface area (TPSA) is 99.2 Å². The van der Waals surface area contributed by atoms with Crippen LogP contribution in [0.1, 0.15) is 5.82 Å². The third-order valence-corrected chi connectivity index (χ3v) is 4.10. The maximum Gasteiger partial charge on any atom is 0.281 e. The van der Waals surface area contributed by atoms with Crippen LogP contribution in [0.15, 0.2) is 35.5 Å². The second-order valence-electron chi connectivity index (χ2n) is 4.48. The maximum atomic E-state index is 12.3. The molecule has 0 saturated carbocycles. The highest BCUT2D eigenvalue weighted by Crippen LogP contribution is 2.26. The van der Waals surface area contributed by atoms with E-state index in [9.17, 15) is 8.42 Å². The van der Waals surface area contributed by atoms with E-state index in [4.69, 9.17) is 10.5 Å². The average Bonchev–Trinajstić information content (AvgIpc) is 2.78. The Balaban J connectivity index is 2.28. The van der Waals surface area contributed by atoms with Gasteiger partial charge < -0.3 is 15.0 Å². The molecule has 2 rings (SSSR count). The smallest absolute Gasteiger partial charge is 0.281 e. The van der Waals surface area contributed by atoms with Gasteiger partial charge in [-0.1, -0.05) is 12.1 Å². The van der Waals surface area contributed by atoms with Crippen LogP contribution in [0.25, 0.3) is 0 Å². The molecule has 0 radical (unpaired) electrons. The molecule has 1 heterocycles. The Morgan fingerprint density at radius 2 is 2.10 bits per heavy atom. The van der Waals surface area contributed by atoms with Crippen LogP contribution in [-0.4, -0.2) is 31.1 Å². The van der Waals surface area contributed by atoms with Crippen molar-refractivity contribution in [2.24, 2.45) is 12.8 Å². The molecule has 0 amide bonds. The van der Waals surface area contributed by atoms with E-state index in [0.29, 0.717) is 30.4 Å². The number of nitrogens with one attached hydrogen (secondary N) is 1. The molecule has 7 nitrogen and oxygen atoms in total. The number of para-hydroxylation sites is 2. The Hall–Kier alpha value is -2.06. The first-order valence-corrected chi connectivity index (χ1v) is 7.87. The second kappa shape index (κ2) is 6.15. The number of imidazole rings is 1. The van der Waals surface area contributed by atoms with E-state index < -0.39 is 10.0 Å². The van der Waals surface area contributed by atoms with E-state index in [-0.39, 0.29) is 5.03 Å². The molecule has 0 fully saturated rings. The number of rotatable bonds is 6. The Kier molecular flexibility index (Phi) is 4.49. The number of anilines is 1. The number of ether oxygens (including phenoxy) is 1. The molecule has 0 spiro atoms. The standard InChI is InChI=1S/C13H18N4O3S/c1-10-15-13(9-17(10)2)21(18,19)16-11-5-3-4-6-12(11)20-8-7-14/h3-6,9,16H,7-8,14H2,1-2H3. The SMILES string of the molecule is Cc1nc(S(=O)(=O)Nc2ccccc2OCCN)cn1C. The van der Waals surface area contributed by atoms with Gasteiger partial charge in [-0.2, -0.15) is 8.42 Å². The lowest BCUT2D eigenvalue weighted by atomic mass is 10.3. The molecule has 0 aliphatic rings. The molecule has 114 valence electrons. The van der Waals surface area contributed by atoms with Crippen LogP contribution in [0, 0.1) is 6.92 Å². The third kappa shape index (κ3) is 3.53. The molecule has 21 heavy (non-hydrogen) atoms. The van der Waals surface area contributed by atoms with Crippen molar-refractivity contribution in [2.45, 2.75) is 11.9 Å². The Morgan fingerprint density at radius 1 is 1.38 bits per heavy atom. The number of aromatic nitrogens is 2. The highest BCUT2D eigenvalue weighted by Gasteiger charge is 2.20. The predicted molar refractivity (Wildman–Crippen MR) is 79.7 cm³/mol. The van der Waals surface area contributed by atoms with E-state index in [1.165, 1.54) is 6.20 Å². The monoisotopic (exact) mass is 310 g/mol. The number of benzene rings is 1. The van der Waals surface area contributed by atoms with Crippen molar-refractivity contribution < 1.29 is 13.2 Å². The summed E-state index contributed by atoms with van der Waals surface area (Å²) in [6.45, 7) is 2.39. The van der Waals surface area contributed by atoms with Gasteiger partial charge in [0.25, 0.3) is 10.0 Å². The van der Waals surface area contributed by atoms with Gasteiger partial charge in [-0.25, -0.2) is 4.98 Å². The second-order valence-corrected chi connectivity index (χ2v) is 6.11. The van der Waals surface area contributed by atoms with Gasteiger partial charge in [0.2, 0.25) is 0 Å². The van der Waals surface area contributed by atoms with Crippen LogP contribution >= 0.6 is 0 Å². The normalized spacial score (nSPS) is 11.4. The first kappa shape index (κ1) is 15.3. The van der Waals surface area contributed by atoms with Gasteiger partial charge in [0.1, 0.15) is 18.2 Å². The summed E-state index contributed by atoms with van der Waals surface area (Å²) in [6.07, 6.45) is 1.46. The minimum absolute atomic E-state index is 0.0314. The number of nitrogens with zero attached hydrogens (tertiary/aromatic N) is 2. The fraction of sp³-hybridized carbons (Fsp3) is 0.308. The molecule has 8 heteroatoms. The van der Waals surface area contributed by atoms with E-state index in [0.717, 1.165) is 0 Å². The quantitative estimate of drug-likeness (QED) is 0.824. The molecule has 0 aliphatic carbocycles. The fourth-order valence-electron chi connectivity index (χ4n) is 1.70. The molecule has 0 aliphatic heterocycles. The third-order valence-electron chi connectivity index (χ3n) is 2.87. The van der Waals surface area contributed by atoms with E-state index in [2.05, 4.69) is 9.71 Å². The lowest BCUT2D eigenvalue weighted by Crippen LogP contribution is -2.16. The lowest BCUT2D eigenvalue weighted by molar-refractivity contribution is 0.330. The molecule has 0 bridgehead atoms. The first-order chi connectivity index (χ1) is 9.94. The Morgan fingerprint density at radius 3 is 2.71 bits per heavy atom. The highest BCUT2D eigenvalue weighted by atomic mass is 32.2. The van der Waals surface area contributed by atoms with Crippen LogP contribution in [0.3, 0.4) is 0 Å². The summed E-state index contributed by atoms with van der Waals surface area (Å²) in [6, 6.07) is 6.78. The van der Waals surface area contributed by atoms with Crippen LogP contribution < -0.4 is 15.2 Å². The summed E-state index contributed by atoms with van der Waals surface area (Å²) in [7, 11) is -2.02. The summed E-state index contributed by atoms with van der Waals surface area (Å²) in [5.74, 6) is 1.04. The Bertz CT molecular complexity index is 705. The molecule has 0 atom stereocenters. The van der Waals surface area contributed by atoms with Crippen molar-refractivity contribution in [2.75, 3.05) is 17.9 Å². The van der Waals surface area contributed by atoms with Gasteiger partial charge in [0, 0.05) is 19.8 Å². The summed E-state index contributed by atoms with van der Waals surface area (Å²) in [5.41, 5.74) is 5.74. The number of nitrogens with two attached hydrogens (primary N) is 1. The lowest BCUT2D eigenvalue weighted by Gasteiger charge is -2.12. The molecular formula is C13H18N4O3S. The summed E-state index contributed by atoms with van der Waals surface area (Å²) < 4.78 is 34.2. The van der Waals surface area contributed by atoms with Crippen molar-refractivity contribution >= 4 is 15.7 Å². The van der Waals surface area contributed by atoms with Gasteiger partial charge in [-0.3, -0.25) is 4.72 Å². The molecule has 2 aromatic rings. The van der Waals surface area contributed by atoms with Gasteiger partial charge >= 0.3 is 0 Å². The molecule has 3 N–H and O–H groups in total. The van der Waals surface area contributed by atoms with E-state index in [1.807, 2.05) is 0 Å². The van der Waals surface area contributed by atoms with Crippen LogP contribution in [-0.2, 0) is 17.1 Å². The maximum absolute atomic E-state index is 12.3. The highest BCUT2D eigenvalue weighted by molar-refractivity contribution is 7.92. The zero-order valence-electron chi connectivity index (χ0n) is 11.9. The van der Waals surface area contributed by atoms with Crippen molar-refractivity contribution in [3.8, 4) is 5.75 Å². The van der Waals surface area contributed by atoms with Crippen LogP contribution in [0.5, 0.6) is 5.75 Å². The minimum atomic E-state index is -3.76. The molecule has 1 aromatic carbocycles. The average molecular weight is 310 g/mol. The van der Waals surface area contributed by atoms with Crippen molar-refractivity contribution in [1.29, 1.82) is 0 Å². The minimum Gasteiger partial charge on any atom is -0.490 e. The number of aryl methyl sites for hydroxylation is 2. The summed E-state index contributed by atoms with van der Waals surface area (Å²) in [5, 5.41) is -0.0314. The van der Waals surface area contributed by atoms with E-state index in [1.54, 1.807) is 42.8 Å². The van der Waals surface area contributed by atoms with Gasteiger partial charge in [-0.05, 0) is 19.1 Å². The van der Waals surface area contributed by atoms with Crippen LogP contribution in [0.4, 0.5) is 5.69 Å². The zero-order valence-corrected chi connectivity index (χ0v) is 12.7. The summed E-state index contributed by atoms with van der Waals surface area (Å²) in [4.78, 5) is 4.02. The molecule has 1 aromatic heterocycles. The van der Waals surface area contributed by atoms with Crippen LogP contribution in [0.2, 0.25) is 0 Å². The largest absolute Gasteiger partial charge is 0.490 e. The summed E-state index contributed by atoms with van der Waals surface area (Å²) >= 11 is 0. The van der Waals surface area contributed by atoms with Gasteiger partial charge in [0.05, 0.1) is 5.69 Å². The zero-order chi connectivity index (χ0) is 15.5. The fourth-order valence-corrected chi connectivity index (χ4v) is 2.81. The first-order valence-electron chi connectivity index (χ1n) is 6.38. The number of hydrogen-bond acceptors (Lipinski definition) is 5. The number of hydrogen-bond donors (Lipinski definition) is 2. The molecule has 0 unspecified atom stereocenters. The Labute approximate surface area is 123 Å². The van der Waals surface area contributed by atoms with E-state index >= 15 is 0 Å². The number of sulfonamides is 1. The van der Waals surface area contributed by atoms with Gasteiger partial charge in [-0.15, -0.1) is 0 Å².